The van der Waals surface area contributed by atoms with Crippen molar-refractivity contribution in [3.8, 4) is 5.75 Å². The predicted molar refractivity (Wildman–Crippen MR) is 130 cm³/mol. The molecule has 0 aromatic heterocycles. The zero-order valence-corrected chi connectivity index (χ0v) is 19.4. The lowest BCUT2D eigenvalue weighted by molar-refractivity contribution is -0.130. The van der Waals surface area contributed by atoms with Crippen molar-refractivity contribution in [3.63, 3.8) is 0 Å². The molecule has 0 fully saturated rings. The molecule has 0 radical (unpaired) electrons. The van der Waals surface area contributed by atoms with Crippen LogP contribution >= 0.6 is 0 Å². The number of amides is 3. The van der Waals surface area contributed by atoms with E-state index in [2.05, 4.69) is 10.6 Å². The molecule has 0 saturated heterocycles. The van der Waals surface area contributed by atoms with Gasteiger partial charge in [0.1, 0.15) is 30.3 Å². The molecule has 3 aromatic rings. The van der Waals surface area contributed by atoms with E-state index in [4.69, 9.17) is 10.5 Å². The first-order valence-corrected chi connectivity index (χ1v) is 11.2. The van der Waals surface area contributed by atoms with Gasteiger partial charge in [-0.05, 0) is 41.0 Å². The minimum Gasteiger partial charge on any atom is -0.489 e. The number of rotatable bonds is 11. The average molecular weight is 478 g/mol. The molecule has 0 spiro atoms. The molecule has 3 amide bonds. The van der Waals surface area contributed by atoms with Crippen LogP contribution in [0.4, 0.5) is 4.39 Å². The van der Waals surface area contributed by atoms with Crippen LogP contribution in [0.5, 0.6) is 5.75 Å². The van der Waals surface area contributed by atoms with Gasteiger partial charge in [0, 0.05) is 19.8 Å². The second-order valence-electron chi connectivity index (χ2n) is 8.17. The van der Waals surface area contributed by atoms with Crippen molar-refractivity contribution in [3.05, 3.63) is 101 Å². The number of hydrogen-bond donors (Lipinski definition) is 3. The van der Waals surface area contributed by atoms with Crippen LogP contribution in [0.25, 0.3) is 0 Å². The molecule has 3 aromatic carbocycles. The molecule has 0 bridgehead atoms. The number of nitrogens with one attached hydrogen (secondary N) is 2. The van der Waals surface area contributed by atoms with E-state index in [1.54, 1.807) is 30.3 Å². The maximum atomic E-state index is 13.5. The van der Waals surface area contributed by atoms with Gasteiger partial charge >= 0.3 is 0 Å². The number of halogens is 1. The molecule has 35 heavy (non-hydrogen) atoms. The molecule has 0 unspecified atom stereocenters. The molecule has 0 heterocycles. The Morgan fingerprint density at radius 3 is 2.11 bits per heavy atom. The number of carbonyl (C=O) groups is 3. The van der Waals surface area contributed by atoms with Gasteiger partial charge in [0.05, 0.1) is 0 Å². The van der Waals surface area contributed by atoms with Gasteiger partial charge in [-0.25, -0.2) is 4.39 Å². The van der Waals surface area contributed by atoms with Gasteiger partial charge in [-0.3, -0.25) is 14.4 Å². The van der Waals surface area contributed by atoms with Crippen LogP contribution in [0.15, 0.2) is 78.9 Å². The molecule has 0 aliphatic heterocycles. The molecule has 0 saturated carbocycles. The van der Waals surface area contributed by atoms with E-state index in [0.29, 0.717) is 17.9 Å². The first-order chi connectivity index (χ1) is 16.8. The molecule has 182 valence electrons. The SMILES string of the molecule is CC(=O)N[C@@H](Cc1cccc(F)c1)C(=O)N[C@@H](Cc1ccc(OCc2ccccc2)cc1)C(N)=O. The van der Waals surface area contributed by atoms with Gasteiger partial charge in [0.2, 0.25) is 17.7 Å². The summed E-state index contributed by atoms with van der Waals surface area (Å²) < 4.78 is 19.3. The Kier molecular flexibility index (Phi) is 8.95. The van der Waals surface area contributed by atoms with Gasteiger partial charge in [-0.2, -0.15) is 0 Å². The van der Waals surface area contributed by atoms with Crippen molar-refractivity contribution in [1.29, 1.82) is 0 Å². The number of benzene rings is 3. The van der Waals surface area contributed by atoms with Gasteiger partial charge in [-0.1, -0.05) is 54.6 Å². The molecule has 0 aliphatic rings. The van der Waals surface area contributed by atoms with Gasteiger partial charge in [0.15, 0.2) is 0 Å². The first kappa shape index (κ1) is 25.4. The third kappa shape index (κ3) is 8.26. The van der Waals surface area contributed by atoms with E-state index in [0.717, 1.165) is 11.1 Å². The van der Waals surface area contributed by atoms with Crippen LogP contribution in [0, 0.1) is 5.82 Å². The second-order valence-corrected chi connectivity index (χ2v) is 8.17. The smallest absolute Gasteiger partial charge is 0.243 e. The van der Waals surface area contributed by atoms with Crippen molar-refractivity contribution in [2.75, 3.05) is 0 Å². The lowest BCUT2D eigenvalue weighted by Gasteiger charge is -2.22. The first-order valence-electron chi connectivity index (χ1n) is 11.2. The highest BCUT2D eigenvalue weighted by molar-refractivity contribution is 5.91. The Morgan fingerprint density at radius 2 is 1.49 bits per heavy atom. The zero-order chi connectivity index (χ0) is 25.2. The normalized spacial score (nSPS) is 12.3. The zero-order valence-electron chi connectivity index (χ0n) is 19.4. The Labute approximate surface area is 203 Å². The second kappa shape index (κ2) is 12.3. The molecule has 0 aliphatic carbocycles. The highest BCUT2D eigenvalue weighted by atomic mass is 19.1. The quantitative estimate of drug-likeness (QED) is 0.394. The summed E-state index contributed by atoms with van der Waals surface area (Å²) in [6.07, 6.45) is 0.217. The largest absolute Gasteiger partial charge is 0.489 e. The Balaban J connectivity index is 1.62. The number of nitrogens with two attached hydrogens (primary N) is 1. The minimum atomic E-state index is -0.998. The summed E-state index contributed by atoms with van der Waals surface area (Å²) in [6, 6.07) is 20.7. The van der Waals surface area contributed by atoms with Crippen molar-refractivity contribution in [2.45, 2.75) is 38.5 Å². The van der Waals surface area contributed by atoms with E-state index < -0.39 is 35.6 Å². The van der Waals surface area contributed by atoms with Crippen LogP contribution in [0.1, 0.15) is 23.6 Å². The average Bonchev–Trinajstić information content (AvgIpc) is 2.83. The number of primary amides is 1. The number of carbonyl (C=O) groups excluding carboxylic acids is 3. The summed E-state index contributed by atoms with van der Waals surface area (Å²) in [4.78, 5) is 36.6. The molecular formula is C27H28FN3O4. The fraction of sp³-hybridized carbons (Fsp3) is 0.222. The van der Waals surface area contributed by atoms with E-state index in [1.165, 1.54) is 25.1 Å². The van der Waals surface area contributed by atoms with Crippen molar-refractivity contribution in [2.24, 2.45) is 5.73 Å². The summed E-state index contributed by atoms with van der Waals surface area (Å²) in [7, 11) is 0. The summed E-state index contributed by atoms with van der Waals surface area (Å²) in [5, 5.41) is 5.16. The highest BCUT2D eigenvalue weighted by Gasteiger charge is 2.25. The van der Waals surface area contributed by atoms with E-state index in [-0.39, 0.29) is 12.8 Å². The molecule has 8 heteroatoms. The molecule has 3 rings (SSSR count). The topological polar surface area (TPSA) is 111 Å². The number of ether oxygens (including phenoxy) is 1. The fourth-order valence-corrected chi connectivity index (χ4v) is 3.55. The molecule has 2 atom stereocenters. The maximum absolute atomic E-state index is 13.5. The predicted octanol–water partition coefficient (Wildman–Crippen LogP) is 2.66. The Morgan fingerprint density at radius 1 is 0.829 bits per heavy atom. The third-order valence-corrected chi connectivity index (χ3v) is 5.29. The summed E-state index contributed by atoms with van der Waals surface area (Å²) in [5.74, 6) is -1.51. The highest BCUT2D eigenvalue weighted by Crippen LogP contribution is 2.16. The maximum Gasteiger partial charge on any atom is 0.243 e. The molecular weight excluding hydrogens is 449 g/mol. The monoisotopic (exact) mass is 477 g/mol. The van der Waals surface area contributed by atoms with Crippen molar-refractivity contribution < 1.29 is 23.5 Å². The van der Waals surface area contributed by atoms with Gasteiger partial charge < -0.3 is 21.1 Å². The fourth-order valence-electron chi connectivity index (χ4n) is 3.55. The van der Waals surface area contributed by atoms with Crippen LogP contribution in [0.2, 0.25) is 0 Å². The van der Waals surface area contributed by atoms with Crippen molar-refractivity contribution in [1.82, 2.24) is 10.6 Å². The molecule has 4 N–H and O–H groups in total. The van der Waals surface area contributed by atoms with Crippen LogP contribution < -0.4 is 21.1 Å². The number of hydrogen-bond acceptors (Lipinski definition) is 4. The van der Waals surface area contributed by atoms with Crippen LogP contribution in [0.3, 0.4) is 0 Å². The Bertz CT molecular complexity index is 1150. The Hall–Kier alpha value is -4.20. The van der Waals surface area contributed by atoms with E-state index >= 15 is 0 Å². The van der Waals surface area contributed by atoms with Crippen LogP contribution in [-0.2, 0) is 33.8 Å². The van der Waals surface area contributed by atoms with Crippen molar-refractivity contribution >= 4 is 17.7 Å². The van der Waals surface area contributed by atoms with Gasteiger partial charge in [0.25, 0.3) is 0 Å². The van der Waals surface area contributed by atoms with Gasteiger partial charge in [-0.15, -0.1) is 0 Å². The minimum absolute atomic E-state index is 0.0576. The van der Waals surface area contributed by atoms with E-state index in [9.17, 15) is 18.8 Å². The summed E-state index contributed by atoms with van der Waals surface area (Å²) in [6.45, 7) is 1.70. The van der Waals surface area contributed by atoms with E-state index in [1.807, 2.05) is 30.3 Å². The molecule has 7 nitrogen and oxygen atoms in total. The lowest BCUT2D eigenvalue weighted by atomic mass is 10.0. The third-order valence-electron chi connectivity index (χ3n) is 5.29. The van der Waals surface area contributed by atoms with Crippen LogP contribution in [-0.4, -0.2) is 29.8 Å². The summed E-state index contributed by atoms with van der Waals surface area (Å²) >= 11 is 0. The lowest BCUT2D eigenvalue weighted by Crippen LogP contribution is -2.54. The summed E-state index contributed by atoms with van der Waals surface area (Å²) in [5.41, 5.74) is 7.87. The standard InChI is InChI=1S/C27H28FN3O4/c1-18(32)30-25(16-21-8-5-9-22(28)14-21)27(34)31-24(26(29)33)15-19-10-12-23(13-11-19)35-17-20-6-3-2-4-7-20/h2-14,24-25H,15-17H2,1H3,(H2,29,33)(H,30,32)(H,31,34)/t24-,25-/m0/s1.